The van der Waals surface area contributed by atoms with Crippen LogP contribution in [0.3, 0.4) is 0 Å². The van der Waals surface area contributed by atoms with Crippen molar-refractivity contribution in [2.75, 3.05) is 6.61 Å². The first kappa shape index (κ1) is 13.4. The van der Waals surface area contributed by atoms with E-state index in [0.29, 0.717) is 17.2 Å². The Morgan fingerprint density at radius 2 is 2.19 bits per heavy atom. The summed E-state index contributed by atoms with van der Waals surface area (Å²) in [5, 5.41) is 10.2. The maximum atomic E-state index is 13.4. The molecular weight excluding hydrogens is 231 g/mol. The van der Waals surface area contributed by atoms with Crippen molar-refractivity contribution in [2.24, 2.45) is 0 Å². The van der Waals surface area contributed by atoms with Crippen LogP contribution in [-0.4, -0.2) is 23.9 Å². The van der Waals surface area contributed by atoms with Crippen LogP contribution < -0.4 is 0 Å². The van der Waals surface area contributed by atoms with Gasteiger partial charge in [0.25, 0.3) is 0 Å². The molecule has 0 aliphatic carbocycles. The van der Waals surface area contributed by atoms with E-state index in [1.165, 1.54) is 18.2 Å². The van der Waals surface area contributed by atoms with Gasteiger partial charge in [0.2, 0.25) is 0 Å². The second-order valence-corrected chi connectivity index (χ2v) is 4.10. The van der Waals surface area contributed by atoms with Crippen LogP contribution in [0, 0.1) is 5.82 Å². The van der Waals surface area contributed by atoms with E-state index in [1.54, 1.807) is 6.92 Å². The molecule has 0 bridgehead atoms. The minimum atomic E-state index is -0.729. The highest BCUT2D eigenvalue weighted by Gasteiger charge is 2.16. The molecular formula is C12H16ClFO2. The highest BCUT2D eigenvalue weighted by Crippen LogP contribution is 2.17. The van der Waals surface area contributed by atoms with E-state index in [0.717, 1.165) is 0 Å². The predicted molar refractivity (Wildman–Crippen MR) is 62.2 cm³/mol. The molecule has 1 aromatic rings. The van der Waals surface area contributed by atoms with Gasteiger partial charge < -0.3 is 9.84 Å². The van der Waals surface area contributed by atoms with Crippen LogP contribution in [0.4, 0.5) is 4.39 Å². The maximum Gasteiger partial charge on any atom is 0.126 e. The quantitative estimate of drug-likeness (QED) is 0.866. The molecule has 0 spiro atoms. The molecule has 16 heavy (non-hydrogen) atoms. The highest BCUT2D eigenvalue weighted by molar-refractivity contribution is 6.30. The number of aliphatic hydroxyl groups excluding tert-OH is 1. The zero-order valence-electron chi connectivity index (χ0n) is 9.41. The summed E-state index contributed by atoms with van der Waals surface area (Å²) in [4.78, 5) is 0. The molecule has 0 amide bonds. The summed E-state index contributed by atoms with van der Waals surface area (Å²) in [5.41, 5.74) is 0.409. The van der Waals surface area contributed by atoms with Crippen molar-refractivity contribution in [1.29, 1.82) is 0 Å². The van der Waals surface area contributed by atoms with E-state index in [9.17, 15) is 9.50 Å². The number of halogens is 2. The lowest BCUT2D eigenvalue weighted by Crippen LogP contribution is -2.28. The first-order valence-electron chi connectivity index (χ1n) is 5.28. The van der Waals surface area contributed by atoms with Crippen molar-refractivity contribution in [3.05, 3.63) is 34.6 Å². The molecule has 0 aliphatic rings. The maximum absolute atomic E-state index is 13.4. The van der Waals surface area contributed by atoms with Crippen LogP contribution in [0.15, 0.2) is 18.2 Å². The van der Waals surface area contributed by atoms with Crippen LogP contribution in [-0.2, 0) is 11.2 Å². The van der Waals surface area contributed by atoms with Gasteiger partial charge in [-0.2, -0.15) is 0 Å². The molecule has 1 rings (SSSR count). The zero-order valence-corrected chi connectivity index (χ0v) is 10.2. The van der Waals surface area contributed by atoms with E-state index < -0.39 is 6.10 Å². The largest absolute Gasteiger partial charge is 0.390 e. The number of aliphatic hydroxyl groups is 1. The molecule has 4 heteroatoms. The summed E-state index contributed by atoms with van der Waals surface area (Å²) >= 11 is 5.76. The van der Waals surface area contributed by atoms with Crippen molar-refractivity contribution in [1.82, 2.24) is 0 Å². The number of hydrogen-bond acceptors (Lipinski definition) is 2. The summed E-state index contributed by atoms with van der Waals surface area (Å²) in [5.74, 6) is -0.354. The SMILES string of the molecule is CCOC(C)C(O)Cc1cc(Cl)ccc1F. The standard InChI is InChI=1S/C12H16ClFO2/c1-3-16-8(2)12(15)7-9-6-10(13)4-5-11(9)14/h4-6,8,12,15H,3,7H2,1-2H3. The second-order valence-electron chi connectivity index (χ2n) is 3.67. The van der Waals surface area contributed by atoms with Gasteiger partial charge in [-0.15, -0.1) is 0 Å². The van der Waals surface area contributed by atoms with Crippen molar-refractivity contribution in [3.63, 3.8) is 0 Å². The van der Waals surface area contributed by atoms with Gasteiger partial charge >= 0.3 is 0 Å². The monoisotopic (exact) mass is 246 g/mol. The first-order chi connectivity index (χ1) is 7.54. The lowest BCUT2D eigenvalue weighted by Gasteiger charge is -2.19. The Morgan fingerprint density at radius 3 is 2.81 bits per heavy atom. The molecule has 0 fully saturated rings. The normalized spacial score (nSPS) is 14.8. The van der Waals surface area contributed by atoms with Crippen molar-refractivity contribution >= 4 is 11.6 Å². The van der Waals surface area contributed by atoms with E-state index in [4.69, 9.17) is 16.3 Å². The van der Waals surface area contributed by atoms with Gasteiger partial charge in [-0.3, -0.25) is 0 Å². The minimum Gasteiger partial charge on any atom is -0.390 e. The minimum absolute atomic E-state index is 0.202. The van der Waals surface area contributed by atoms with Gasteiger partial charge in [0.05, 0.1) is 12.2 Å². The molecule has 2 unspecified atom stereocenters. The van der Waals surface area contributed by atoms with E-state index >= 15 is 0 Å². The van der Waals surface area contributed by atoms with Gasteiger partial charge in [-0.25, -0.2) is 4.39 Å². The molecule has 0 aliphatic heterocycles. The van der Waals surface area contributed by atoms with Gasteiger partial charge in [0.1, 0.15) is 5.82 Å². The molecule has 1 aromatic carbocycles. The fourth-order valence-electron chi connectivity index (χ4n) is 1.46. The van der Waals surface area contributed by atoms with Gasteiger partial charge in [0.15, 0.2) is 0 Å². The molecule has 1 N–H and O–H groups in total. The Balaban J connectivity index is 2.68. The number of rotatable bonds is 5. The summed E-state index contributed by atoms with van der Waals surface area (Å²) < 4.78 is 18.6. The van der Waals surface area contributed by atoms with Crippen molar-refractivity contribution in [3.8, 4) is 0 Å². The Labute approximate surface area is 100.0 Å². The fourth-order valence-corrected chi connectivity index (χ4v) is 1.66. The number of ether oxygens (including phenoxy) is 1. The van der Waals surface area contributed by atoms with Crippen molar-refractivity contribution < 1.29 is 14.2 Å². The second kappa shape index (κ2) is 6.18. The van der Waals surface area contributed by atoms with Crippen molar-refractivity contribution in [2.45, 2.75) is 32.5 Å². The Bertz CT molecular complexity index is 344. The van der Waals surface area contributed by atoms with Crippen LogP contribution >= 0.6 is 11.6 Å². The van der Waals surface area contributed by atoms with Gasteiger partial charge in [-0.1, -0.05) is 11.6 Å². The summed E-state index contributed by atoms with van der Waals surface area (Å²) in [6.45, 7) is 4.13. The third kappa shape index (κ3) is 3.74. The number of benzene rings is 1. The van der Waals surface area contributed by atoms with Crippen LogP contribution in [0.2, 0.25) is 5.02 Å². The Hall–Kier alpha value is -0.640. The molecule has 2 atom stereocenters. The zero-order chi connectivity index (χ0) is 12.1. The van der Waals surface area contributed by atoms with E-state index in [2.05, 4.69) is 0 Å². The highest BCUT2D eigenvalue weighted by atomic mass is 35.5. The van der Waals surface area contributed by atoms with Crippen LogP contribution in [0.1, 0.15) is 19.4 Å². The smallest absolute Gasteiger partial charge is 0.126 e. The van der Waals surface area contributed by atoms with Gasteiger partial charge in [-0.05, 0) is 37.6 Å². The average Bonchev–Trinajstić information content (AvgIpc) is 2.23. The average molecular weight is 247 g/mol. The van der Waals surface area contributed by atoms with E-state index in [-0.39, 0.29) is 18.3 Å². The molecule has 0 heterocycles. The molecule has 0 radical (unpaired) electrons. The third-order valence-electron chi connectivity index (χ3n) is 2.41. The predicted octanol–water partition coefficient (Wildman–Crippen LogP) is 2.81. The summed E-state index contributed by atoms with van der Waals surface area (Å²) in [6.07, 6.45) is -0.843. The van der Waals surface area contributed by atoms with Gasteiger partial charge in [0, 0.05) is 18.1 Å². The summed E-state index contributed by atoms with van der Waals surface area (Å²) in [7, 11) is 0. The molecule has 0 aromatic heterocycles. The summed E-state index contributed by atoms with van der Waals surface area (Å²) in [6, 6.07) is 4.31. The molecule has 2 nitrogen and oxygen atoms in total. The molecule has 0 saturated heterocycles. The lowest BCUT2D eigenvalue weighted by atomic mass is 10.0. The van der Waals surface area contributed by atoms with E-state index in [1.807, 2.05) is 6.92 Å². The third-order valence-corrected chi connectivity index (χ3v) is 2.64. The van der Waals surface area contributed by atoms with Crippen LogP contribution in [0.25, 0.3) is 0 Å². The Kier molecular flexibility index (Phi) is 5.19. The lowest BCUT2D eigenvalue weighted by molar-refractivity contribution is -0.0211. The topological polar surface area (TPSA) is 29.5 Å². The molecule has 0 saturated carbocycles. The Morgan fingerprint density at radius 1 is 1.50 bits per heavy atom. The van der Waals surface area contributed by atoms with Crippen LogP contribution in [0.5, 0.6) is 0 Å². The fraction of sp³-hybridized carbons (Fsp3) is 0.500. The number of hydrogen-bond donors (Lipinski definition) is 1. The first-order valence-corrected chi connectivity index (χ1v) is 5.66. The molecule has 90 valence electrons.